The molecule has 1 amide bonds. The van der Waals surface area contributed by atoms with E-state index in [1.165, 1.54) is 31.3 Å². The smallest absolute Gasteiger partial charge is 0.251 e. The molecule has 0 aromatic heterocycles. The summed E-state index contributed by atoms with van der Waals surface area (Å²) >= 11 is 0. The molecule has 0 saturated carbocycles. The molecule has 22 heavy (non-hydrogen) atoms. The van der Waals surface area contributed by atoms with Gasteiger partial charge >= 0.3 is 0 Å². The summed E-state index contributed by atoms with van der Waals surface area (Å²) in [4.78, 5) is 12.2. The van der Waals surface area contributed by atoms with Crippen LogP contribution in [-0.2, 0) is 16.6 Å². The minimum Gasteiger partial charge on any atom is -0.348 e. The van der Waals surface area contributed by atoms with Crippen molar-refractivity contribution in [2.45, 2.75) is 18.4 Å². The van der Waals surface area contributed by atoms with Crippen LogP contribution in [-0.4, -0.2) is 21.4 Å². The number of hydrogen-bond acceptors (Lipinski definition) is 3. The predicted molar refractivity (Wildman–Crippen MR) is 85.0 cm³/mol. The first-order valence-corrected chi connectivity index (χ1v) is 8.28. The number of aryl methyl sites for hydroxylation is 1. The standard InChI is InChI=1S/C16H18N2O3S/c1-12-3-5-13(6-4-12)11-18-16(19)14-7-9-15(10-8-14)22(20,21)17-2/h3-10,17H,11H2,1-2H3,(H,18,19). The van der Waals surface area contributed by atoms with E-state index in [2.05, 4.69) is 10.0 Å². The molecule has 0 heterocycles. The number of carbonyl (C=O) groups excluding carboxylic acids is 1. The fourth-order valence-electron chi connectivity index (χ4n) is 1.89. The minimum atomic E-state index is -3.48. The van der Waals surface area contributed by atoms with Gasteiger partial charge in [-0.2, -0.15) is 0 Å². The number of carbonyl (C=O) groups is 1. The van der Waals surface area contributed by atoms with Crippen molar-refractivity contribution in [3.63, 3.8) is 0 Å². The monoisotopic (exact) mass is 318 g/mol. The molecule has 0 saturated heterocycles. The molecule has 0 aliphatic carbocycles. The number of benzene rings is 2. The van der Waals surface area contributed by atoms with Crippen molar-refractivity contribution in [2.24, 2.45) is 0 Å². The summed E-state index contributed by atoms with van der Waals surface area (Å²) in [7, 11) is -2.14. The van der Waals surface area contributed by atoms with E-state index in [9.17, 15) is 13.2 Å². The lowest BCUT2D eigenvalue weighted by atomic mass is 10.1. The summed E-state index contributed by atoms with van der Waals surface area (Å²) in [5.74, 6) is -0.242. The normalized spacial score (nSPS) is 11.2. The van der Waals surface area contributed by atoms with E-state index >= 15 is 0 Å². The molecule has 0 aliphatic heterocycles. The Labute approximate surface area is 130 Å². The second-order valence-corrected chi connectivity index (χ2v) is 6.79. The van der Waals surface area contributed by atoms with E-state index < -0.39 is 10.0 Å². The molecule has 6 heteroatoms. The fourth-order valence-corrected chi connectivity index (χ4v) is 2.62. The maximum absolute atomic E-state index is 12.0. The van der Waals surface area contributed by atoms with Gasteiger partial charge in [0, 0.05) is 12.1 Å². The molecule has 2 N–H and O–H groups in total. The topological polar surface area (TPSA) is 75.3 Å². The molecule has 0 unspecified atom stereocenters. The van der Waals surface area contributed by atoms with Crippen LogP contribution >= 0.6 is 0 Å². The van der Waals surface area contributed by atoms with Crippen molar-refractivity contribution in [3.05, 3.63) is 65.2 Å². The summed E-state index contributed by atoms with van der Waals surface area (Å²) in [6.07, 6.45) is 0. The van der Waals surface area contributed by atoms with Crippen LogP contribution in [0.2, 0.25) is 0 Å². The number of nitrogens with one attached hydrogen (secondary N) is 2. The Kier molecular flexibility index (Phi) is 4.95. The summed E-state index contributed by atoms with van der Waals surface area (Å²) < 4.78 is 25.4. The summed E-state index contributed by atoms with van der Waals surface area (Å²) in [5.41, 5.74) is 2.59. The zero-order valence-electron chi connectivity index (χ0n) is 12.5. The molecule has 2 aromatic carbocycles. The molecule has 2 rings (SSSR count). The van der Waals surface area contributed by atoms with Crippen LogP contribution in [0.1, 0.15) is 21.5 Å². The molecule has 5 nitrogen and oxygen atoms in total. The third kappa shape index (κ3) is 3.93. The van der Waals surface area contributed by atoms with Gasteiger partial charge in [-0.05, 0) is 43.8 Å². The molecule has 0 bridgehead atoms. The summed E-state index contributed by atoms with van der Waals surface area (Å²) in [6, 6.07) is 13.7. The third-order valence-electron chi connectivity index (χ3n) is 3.27. The van der Waals surface area contributed by atoms with Gasteiger partial charge in [0.25, 0.3) is 5.91 Å². The Morgan fingerprint density at radius 3 is 2.14 bits per heavy atom. The SMILES string of the molecule is CNS(=O)(=O)c1ccc(C(=O)NCc2ccc(C)cc2)cc1. The molecule has 0 fully saturated rings. The minimum absolute atomic E-state index is 0.130. The highest BCUT2D eigenvalue weighted by Crippen LogP contribution is 2.10. The van der Waals surface area contributed by atoms with Gasteiger partial charge in [0.2, 0.25) is 10.0 Å². The van der Waals surface area contributed by atoms with Gasteiger partial charge in [-0.25, -0.2) is 13.1 Å². The van der Waals surface area contributed by atoms with E-state index in [1.807, 2.05) is 31.2 Å². The van der Waals surface area contributed by atoms with Crippen LogP contribution in [0.25, 0.3) is 0 Å². The van der Waals surface area contributed by atoms with Gasteiger partial charge in [-0.3, -0.25) is 4.79 Å². The van der Waals surface area contributed by atoms with Crippen LogP contribution in [0.4, 0.5) is 0 Å². The average Bonchev–Trinajstić information content (AvgIpc) is 2.54. The molecular weight excluding hydrogens is 300 g/mol. The van der Waals surface area contributed by atoms with Crippen LogP contribution in [0.3, 0.4) is 0 Å². The molecular formula is C16H18N2O3S. The van der Waals surface area contributed by atoms with Crippen molar-refractivity contribution < 1.29 is 13.2 Å². The van der Waals surface area contributed by atoms with Gasteiger partial charge in [0.15, 0.2) is 0 Å². The van der Waals surface area contributed by atoms with Crippen molar-refractivity contribution in [3.8, 4) is 0 Å². The number of sulfonamides is 1. The Balaban J connectivity index is 2.02. The number of hydrogen-bond donors (Lipinski definition) is 2. The lowest BCUT2D eigenvalue weighted by molar-refractivity contribution is 0.0951. The first kappa shape index (κ1) is 16.2. The van der Waals surface area contributed by atoms with Gasteiger partial charge in [-0.15, -0.1) is 0 Å². The van der Waals surface area contributed by atoms with E-state index in [-0.39, 0.29) is 10.8 Å². The Hall–Kier alpha value is -2.18. The Morgan fingerprint density at radius 1 is 1.00 bits per heavy atom. The van der Waals surface area contributed by atoms with Crippen LogP contribution in [0.5, 0.6) is 0 Å². The zero-order valence-corrected chi connectivity index (χ0v) is 13.3. The lowest BCUT2D eigenvalue weighted by Gasteiger charge is -2.07. The first-order chi connectivity index (χ1) is 10.4. The molecule has 0 atom stereocenters. The van der Waals surface area contributed by atoms with Gasteiger partial charge < -0.3 is 5.32 Å². The van der Waals surface area contributed by atoms with E-state index in [0.29, 0.717) is 12.1 Å². The average molecular weight is 318 g/mol. The number of amides is 1. The van der Waals surface area contributed by atoms with Crippen LogP contribution in [0, 0.1) is 6.92 Å². The van der Waals surface area contributed by atoms with Gasteiger partial charge in [0.1, 0.15) is 0 Å². The molecule has 2 aromatic rings. The highest BCUT2D eigenvalue weighted by molar-refractivity contribution is 7.89. The van der Waals surface area contributed by atoms with E-state index in [4.69, 9.17) is 0 Å². The van der Waals surface area contributed by atoms with E-state index in [0.717, 1.165) is 11.1 Å². The van der Waals surface area contributed by atoms with Crippen LogP contribution < -0.4 is 10.0 Å². The predicted octanol–water partition coefficient (Wildman–Crippen LogP) is 1.83. The third-order valence-corrected chi connectivity index (χ3v) is 4.70. The fraction of sp³-hybridized carbons (Fsp3) is 0.188. The zero-order chi connectivity index (χ0) is 16.2. The van der Waals surface area contributed by atoms with Gasteiger partial charge in [-0.1, -0.05) is 29.8 Å². The molecule has 116 valence electrons. The summed E-state index contributed by atoms with van der Waals surface area (Å²) in [5, 5.41) is 2.80. The second-order valence-electron chi connectivity index (χ2n) is 4.90. The largest absolute Gasteiger partial charge is 0.348 e. The lowest BCUT2D eigenvalue weighted by Crippen LogP contribution is -2.23. The highest BCUT2D eigenvalue weighted by Gasteiger charge is 2.12. The highest BCUT2D eigenvalue weighted by atomic mass is 32.2. The maximum Gasteiger partial charge on any atom is 0.251 e. The molecule has 0 aliphatic rings. The van der Waals surface area contributed by atoms with Crippen molar-refractivity contribution in [2.75, 3.05) is 7.05 Å². The van der Waals surface area contributed by atoms with Crippen molar-refractivity contribution in [1.29, 1.82) is 0 Å². The first-order valence-electron chi connectivity index (χ1n) is 6.80. The number of rotatable bonds is 5. The Morgan fingerprint density at radius 2 is 1.59 bits per heavy atom. The molecule has 0 spiro atoms. The molecule has 0 radical (unpaired) electrons. The van der Waals surface area contributed by atoms with Crippen molar-refractivity contribution >= 4 is 15.9 Å². The van der Waals surface area contributed by atoms with Crippen LogP contribution in [0.15, 0.2) is 53.4 Å². The maximum atomic E-state index is 12.0. The van der Waals surface area contributed by atoms with E-state index in [1.54, 1.807) is 0 Å². The summed E-state index contributed by atoms with van der Waals surface area (Å²) in [6.45, 7) is 2.43. The van der Waals surface area contributed by atoms with Crippen molar-refractivity contribution in [1.82, 2.24) is 10.0 Å². The quantitative estimate of drug-likeness (QED) is 0.883. The Bertz CT molecular complexity index is 751. The van der Waals surface area contributed by atoms with Gasteiger partial charge in [0.05, 0.1) is 4.90 Å². The second kappa shape index (κ2) is 6.72.